The molecule has 0 fully saturated rings. The highest BCUT2D eigenvalue weighted by atomic mass is 31.2. The van der Waals surface area contributed by atoms with Gasteiger partial charge in [0.2, 0.25) is 11.9 Å². The van der Waals surface area contributed by atoms with Gasteiger partial charge in [0, 0.05) is 5.39 Å². The summed E-state index contributed by atoms with van der Waals surface area (Å²) in [6.07, 6.45) is -11.4. The predicted octanol–water partition coefficient (Wildman–Crippen LogP) is 4.58. The van der Waals surface area contributed by atoms with Gasteiger partial charge in [0.05, 0.1) is 18.7 Å². The maximum atomic E-state index is 14.4. The number of esters is 1. The van der Waals surface area contributed by atoms with E-state index in [4.69, 9.17) is 18.5 Å². The molecule has 0 saturated carbocycles. The number of halogens is 4. The fraction of sp³-hybridized carbons (Fsp3) is 0.346. The molecule has 3 N–H and O–H groups in total. The number of aliphatic hydroxyl groups is 1. The number of carbonyl (C=O) groups is 1. The maximum absolute atomic E-state index is 14.4. The van der Waals surface area contributed by atoms with Gasteiger partial charge in [-0.2, -0.15) is 22.6 Å². The number of rotatable bonds is 10. The molecule has 0 spiro atoms. The van der Waals surface area contributed by atoms with Gasteiger partial charge in [-0.1, -0.05) is 36.4 Å². The molecule has 1 aromatic heterocycles. The summed E-state index contributed by atoms with van der Waals surface area (Å²) < 4.78 is 92.4. The van der Waals surface area contributed by atoms with Crippen LogP contribution in [0.15, 0.2) is 69.8 Å². The fourth-order valence-corrected chi connectivity index (χ4v) is 5.71. The first kappa shape index (κ1) is 31.8. The van der Waals surface area contributed by atoms with E-state index >= 15 is 0 Å². The largest absolute Gasteiger partial charge is 0.508 e. The molecule has 0 unspecified atom stereocenters. The first-order chi connectivity index (χ1) is 20.1. The molecule has 232 valence electrons. The van der Waals surface area contributed by atoms with Gasteiger partial charge in [-0.25, -0.2) is 9.36 Å². The SMILES string of the molecule is CC(C)OC(=O)[C@H](C)N[P@@](=O)(Oc1cccc2ccccc12)O[C@@H](C1=C(O)C[C@H](n2cc(F)c(=O)[nH]c2=O)O1)C(F)(F)F. The zero-order valence-corrected chi connectivity index (χ0v) is 23.6. The third-order valence-corrected chi connectivity index (χ3v) is 7.58. The number of hydrogen-bond acceptors (Lipinski definition) is 9. The molecule has 0 bridgehead atoms. The minimum atomic E-state index is -5.42. The Hall–Kier alpha value is -4.14. The number of fused-ring (bicyclic) bond motifs is 1. The van der Waals surface area contributed by atoms with Crippen molar-refractivity contribution < 1.29 is 50.5 Å². The number of nitrogens with zero attached hydrogens (tertiary/aromatic N) is 1. The standard InChI is InChI=1S/C26H26F4N3O9P/c1-13(2)39-24(36)14(3)32-43(38,41-19-10-6-8-15-7-4-5-9-16(15)19)42-22(26(28,29)30)21-18(34)11-20(40-21)33-12-17(27)23(35)31-25(33)37/h4-10,12-14,20,22,34H,11H2,1-3H3,(H,32,38)(H,31,35,37)/t14-,20+,22-,43+/m0/s1. The summed E-state index contributed by atoms with van der Waals surface area (Å²) in [4.78, 5) is 37.6. The lowest BCUT2D eigenvalue weighted by Crippen LogP contribution is -2.40. The Bertz CT molecular complexity index is 1710. The fourth-order valence-electron chi connectivity index (χ4n) is 4.07. The number of aromatic amines is 1. The molecule has 4 atom stereocenters. The van der Waals surface area contributed by atoms with Gasteiger partial charge in [-0.15, -0.1) is 0 Å². The third-order valence-electron chi connectivity index (χ3n) is 5.95. The second-order valence-electron chi connectivity index (χ2n) is 9.66. The van der Waals surface area contributed by atoms with E-state index in [1.54, 1.807) is 35.3 Å². The van der Waals surface area contributed by atoms with E-state index in [1.807, 2.05) is 0 Å². The van der Waals surface area contributed by atoms with Crippen LogP contribution in [0.3, 0.4) is 0 Å². The molecule has 0 saturated heterocycles. The highest BCUT2D eigenvalue weighted by Crippen LogP contribution is 2.52. The minimum Gasteiger partial charge on any atom is -0.508 e. The Balaban J connectivity index is 1.72. The zero-order chi connectivity index (χ0) is 31.7. The number of alkyl halides is 3. The Morgan fingerprint density at radius 3 is 2.51 bits per heavy atom. The van der Waals surface area contributed by atoms with Crippen LogP contribution in [-0.2, 0) is 23.4 Å². The molecule has 43 heavy (non-hydrogen) atoms. The van der Waals surface area contributed by atoms with Crippen LogP contribution in [0, 0.1) is 5.82 Å². The number of aromatic nitrogens is 2. The summed E-state index contributed by atoms with van der Waals surface area (Å²) in [6, 6.07) is 9.46. The van der Waals surface area contributed by atoms with Crippen molar-refractivity contribution in [2.24, 2.45) is 0 Å². The molecule has 2 aromatic carbocycles. The average molecular weight is 631 g/mol. The van der Waals surface area contributed by atoms with Crippen molar-refractivity contribution >= 4 is 24.5 Å². The van der Waals surface area contributed by atoms with Crippen LogP contribution < -0.4 is 20.9 Å². The summed E-state index contributed by atoms with van der Waals surface area (Å²) in [5.41, 5.74) is -2.62. The summed E-state index contributed by atoms with van der Waals surface area (Å²) in [6.45, 7) is 4.21. The van der Waals surface area contributed by atoms with Crippen molar-refractivity contribution in [3.63, 3.8) is 0 Å². The molecule has 0 amide bonds. The molecular weight excluding hydrogens is 605 g/mol. The number of ether oxygens (including phenoxy) is 2. The lowest BCUT2D eigenvalue weighted by atomic mass is 10.1. The number of aliphatic hydroxyl groups excluding tert-OH is 1. The first-order valence-electron chi connectivity index (χ1n) is 12.7. The molecule has 4 rings (SSSR count). The molecule has 3 aromatic rings. The van der Waals surface area contributed by atoms with Crippen molar-refractivity contribution in [2.75, 3.05) is 0 Å². The Kier molecular flexibility index (Phi) is 9.04. The zero-order valence-electron chi connectivity index (χ0n) is 22.8. The minimum absolute atomic E-state index is 0.169. The monoisotopic (exact) mass is 631 g/mol. The van der Waals surface area contributed by atoms with Gasteiger partial charge in [0.25, 0.3) is 5.56 Å². The van der Waals surface area contributed by atoms with Crippen molar-refractivity contribution in [2.45, 2.75) is 57.8 Å². The van der Waals surface area contributed by atoms with Crippen molar-refractivity contribution in [3.05, 3.63) is 86.8 Å². The number of benzene rings is 2. The van der Waals surface area contributed by atoms with Gasteiger partial charge in [0.1, 0.15) is 17.6 Å². The molecule has 1 aliphatic heterocycles. The number of hydrogen-bond donors (Lipinski definition) is 3. The highest BCUT2D eigenvalue weighted by Gasteiger charge is 2.53. The van der Waals surface area contributed by atoms with E-state index in [1.165, 1.54) is 26.0 Å². The molecule has 0 radical (unpaired) electrons. The second-order valence-corrected chi connectivity index (χ2v) is 11.3. The van der Waals surface area contributed by atoms with E-state index < -0.39 is 79.4 Å². The van der Waals surface area contributed by atoms with E-state index in [0.29, 0.717) is 21.5 Å². The van der Waals surface area contributed by atoms with Crippen LogP contribution in [0.25, 0.3) is 10.8 Å². The molecule has 17 heteroatoms. The van der Waals surface area contributed by atoms with Gasteiger partial charge >= 0.3 is 25.6 Å². The van der Waals surface area contributed by atoms with Crippen LogP contribution >= 0.6 is 7.75 Å². The van der Waals surface area contributed by atoms with Gasteiger partial charge < -0.3 is 19.1 Å². The van der Waals surface area contributed by atoms with Crippen LogP contribution in [0.5, 0.6) is 5.75 Å². The molecule has 1 aliphatic rings. The summed E-state index contributed by atoms with van der Waals surface area (Å²) in [7, 11) is -5.22. The predicted molar refractivity (Wildman–Crippen MR) is 143 cm³/mol. The first-order valence-corrected chi connectivity index (χ1v) is 14.2. The Morgan fingerprint density at radius 2 is 1.84 bits per heavy atom. The van der Waals surface area contributed by atoms with Crippen LogP contribution in [0.1, 0.15) is 33.4 Å². The van der Waals surface area contributed by atoms with E-state index in [9.17, 15) is 41.6 Å². The van der Waals surface area contributed by atoms with Gasteiger partial charge in [0.15, 0.2) is 12.0 Å². The summed E-state index contributed by atoms with van der Waals surface area (Å²) in [5, 5.41) is 13.5. The number of carbonyl (C=O) groups excluding carboxylic acids is 1. The third kappa shape index (κ3) is 7.27. The van der Waals surface area contributed by atoms with Gasteiger partial charge in [-0.3, -0.25) is 23.7 Å². The van der Waals surface area contributed by atoms with Crippen LogP contribution in [0.4, 0.5) is 17.6 Å². The topological polar surface area (TPSA) is 158 Å². The summed E-state index contributed by atoms with van der Waals surface area (Å²) >= 11 is 0. The number of H-pyrrole nitrogens is 1. The Morgan fingerprint density at radius 1 is 1.16 bits per heavy atom. The molecule has 0 aliphatic carbocycles. The quantitative estimate of drug-likeness (QED) is 0.164. The smallest absolute Gasteiger partial charge is 0.460 e. The molecule has 2 heterocycles. The lowest BCUT2D eigenvalue weighted by Gasteiger charge is -2.29. The van der Waals surface area contributed by atoms with E-state index in [0.717, 1.165) is 6.92 Å². The lowest BCUT2D eigenvalue weighted by molar-refractivity contribution is -0.197. The van der Waals surface area contributed by atoms with Crippen molar-refractivity contribution in [3.8, 4) is 5.75 Å². The number of nitrogens with one attached hydrogen (secondary N) is 2. The van der Waals surface area contributed by atoms with Crippen LogP contribution in [0.2, 0.25) is 0 Å². The normalized spacial score (nSPS) is 18.3. The molecular formula is C26H26F4N3O9P. The molecule has 12 nitrogen and oxygen atoms in total. The van der Waals surface area contributed by atoms with Crippen molar-refractivity contribution in [1.82, 2.24) is 14.6 Å². The average Bonchev–Trinajstić information content (AvgIpc) is 3.29. The Labute approximate surface area is 240 Å². The van der Waals surface area contributed by atoms with Gasteiger partial charge in [-0.05, 0) is 32.2 Å². The highest BCUT2D eigenvalue weighted by molar-refractivity contribution is 7.52. The van der Waals surface area contributed by atoms with E-state index in [2.05, 4.69) is 5.09 Å². The van der Waals surface area contributed by atoms with E-state index in [-0.39, 0.29) is 5.75 Å². The summed E-state index contributed by atoms with van der Waals surface area (Å²) in [5.74, 6) is -4.98. The van der Waals surface area contributed by atoms with Crippen LogP contribution in [-0.4, -0.2) is 45.1 Å². The maximum Gasteiger partial charge on any atom is 0.460 e. The van der Waals surface area contributed by atoms with Crippen molar-refractivity contribution in [1.29, 1.82) is 0 Å². The second kappa shape index (κ2) is 12.2.